The summed E-state index contributed by atoms with van der Waals surface area (Å²) in [7, 11) is 0. The van der Waals surface area contributed by atoms with E-state index in [9.17, 15) is 4.79 Å². The molecule has 1 aliphatic rings. The molecular formula is C15H18N4O. The lowest BCUT2D eigenvalue weighted by molar-refractivity contribution is 0.0922. The first-order valence-corrected chi connectivity index (χ1v) is 7.11. The van der Waals surface area contributed by atoms with Crippen LogP contribution in [0.15, 0.2) is 36.5 Å². The number of hydrogen-bond acceptors (Lipinski definition) is 3. The van der Waals surface area contributed by atoms with Crippen molar-refractivity contribution in [3.8, 4) is 5.69 Å². The quantitative estimate of drug-likeness (QED) is 0.931. The molecule has 0 aliphatic heterocycles. The Bertz CT molecular complexity index is 573. The van der Waals surface area contributed by atoms with E-state index in [4.69, 9.17) is 0 Å². The zero-order valence-corrected chi connectivity index (χ0v) is 11.3. The molecule has 0 unspecified atom stereocenters. The molecule has 0 spiro atoms. The summed E-state index contributed by atoms with van der Waals surface area (Å²) in [5.41, 5.74) is 1.27. The van der Waals surface area contributed by atoms with Crippen LogP contribution in [0, 0.1) is 0 Å². The molecule has 20 heavy (non-hydrogen) atoms. The summed E-state index contributed by atoms with van der Waals surface area (Å²) < 4.78 is 1.62. The standard InChI is InChI=1S/C15H18N4O/c20-15(16-12-7-3-1-4-8-12)14-11-19(18-17-14)13-9-5-2-6-10-13/h2,5-6,9-12H,1,3-4,7-8H2,(H,16,20). The highest BCUT2D eigenvalue weighted by Crippen LogP contribution is 2.17. The van der Waals surface area contributed by atoms with Gasteiger partial charge in [-0.3, -0.25) is 4.79 Å². The van der Waals surface area contributed by atoms with Crippen LogP contribution in [0.25, 0.3) is 5.69 Å². The van der Waals surface area contributed by atoms with Crippen LogP contribution in [-0.2, 0) is 0 Å². The van der Waals surface area contributed by atoms with Crippen LogP contribution in [0.3, 0.4) is 0 Å². The van der Waals surface area contributed by atoms with Crippen LogP contribution in [-0.4, -0.2) is 26.9 Å². The molecule has 104 valence electrons. The minimum atomic E-state index is -0.126. The number of hydrogen-bond donors (Lipinski definition) is 1. The van der Waals surface area contributed by atoms with E-state index in [2.05, 4.69) is 15.6 Å². The summed E-state index contributed by atoms with van der Waals surface area (Å²) in [4.78, 5) is 12.1. The second-order valence-electron chi connectivity index (χ2n) is 5.19. The first-order valence-electron chi connectivity index (χ1n) is 7.11. The van der Waals surface area contributed by atoms with Crippen LogP contribution < -0.4 is 5.32 Å². The summed E-state index contributed by atoms with van der Waals surface area (Å²) in [6, 6.07) is 9.95. The lowest BCUT2D eigenvalue weighted by Gasteiger charge is -2.22. The first kappa shape index (κ1) is 12.8. The molecule has 1 saturated carbocycles. The number of nitrogens with zero attached hydrogens (tertiary/aromatic N) is 3. The number of nitrogens with one attached hydrogen (secondary N) is 1. The third-order valence-electron chi connectivity index (χ3n) is 3.69. The number of benzene rings is 1. The highest BCUT2D eigenvalue weighted by atomic mass is 16.2. The van der Waals surface area contributed by atoms with Gasteiger partial charge in [-0.25, -0.2) is 4.68 Å². The molecular weight excluding hydrogens is 252 g/mol. The van der Waals surface area contributed by atoms with Gasteiger partial charge in [0.1, 0.15) is 0 Å². The van der Waals surface area contributed by atoms with Crippen LogP contribution in [0.2, 0.25) is 0 Å². The van der Waals surface area contributed by atoms with Crippen LogP contribution in [0.5, 0.6) is 0 Å². The minimum Gasteiger partial charge on any atom is -0.348 e. The maximum absolute atomic E-state index is 12.1. The maximum atomic E-state index is 12.1. The fourth-order valence-electron chi connectivity index (χ4n) is 2.58. The van der Waals surface area contributed by atoms with E-state index in [1.54, 1.807) is 10.9 Å². The molecule has 1 aliphatic carbocycles. The van der Waals surface area contributed by atoms with E-state index < -0.39 is 0 Å². The molecule has 0 atom stereocenters. The van der Waals surface area contributed by atoms with E-state index in [0.29, 0.717) is 5.69 Å². The molecule has 0 saturated heterocycles. The third-order valence-corrected chi connectivity index (χ3v) is 3.69. The van der Waals surface area contributed by atoms with Gasteiger partial charge in [0, 0.05) is 6.04 Å². The Morgan fingerprint density at radius 2 is 1.90 bits per heavy atom. The second kappa shape index (κ2) is 5.86. The Morgan fingerprint density at radius 1 is 1.15 bits per heavy atom. The lowest BCUT2D eigenvalue weighted by atomic mass is 9.95. The third kappa shape index (κ3) is 2.87. The van der Waals surface area contributed by atoms with Crippen LogP contribution in [0.1, 0.15) is 42.6 Å². The number of rotatable bonds is 3. The lowest BCUT2D eigenvalue weighted by Crippen LogP contribution is -2.36. The molecule has 5 nitrogen and oxygen atoms in total. The fourth-order valence-corrected chi connectivity index (χ4v) is 2.58. The van der Waals surface area contributed by atoms with Crippen molar-refractivity contribution in [2.45, 2.75) is 38.1 Å². The molecule has 1 fully saturated rings. The molecule has 2 aromatic rings. The van der Waals surface area contributed by atoms with Crippen molar-refractivity contribution in [2.75, 3.05) is 0 Å². The van der Waals surface area contributed by atoms with Crippen LogP contribution in [0.4, 0.5) is 0 Å². The zero-order valence-electron chi connectivity index (χ0n) is 11.3. The van der Waals surface area contributed by atoms with Gasteiger partial charge in [-0.15, -0.1) is 5.10 Å². The SMILES string of the molecule is O=C(NC1CCCCC1)c1cn(-c2ccccc2)nn1. The average Bonchev–Trinajstić information content (AvgIpc) is 2.99. The number of amides is 1. The molecule has 1 heterocycles. The molecule has 0 radical (unpaired) electrons. The first-order chi connectivity index (χ1) is 9.83. The van der Waals surface area contributed by atoms with Crippen molar-refractivity contribution in [1.29, 1.82) is 0 Å². The second-order valence-corrected chi connectivity index (χ2v) is 5.19. The Morgan fingerprint density at radius 3 is 2.65 bits per heavy atom. The molecule has 1 aromatic heterocycles. The van der Waals surface area contributed by atoms with Gasteiger partial charge in [0.25, 0.3) is 5.91 Å². The highest BCUT2D eigenvalue weighted by Gasteiger charge is 2.18. The van der Waals surface area contributed by atoms with Gasteiger partial charge in [-0.05, 0) is 25.0 Å². The smallest absolute Gasteiger partial charge is 0.273 e. The predicted octanol–water partition coefficient (Wildman–Crippen LogP) is 2.33. The van der Waals surface area contributed by atoms with Crippen molar-refractivity contribution in [3.05, 3.63) is 42.2 Å². The van der Waals surface area contributed by atoms with Crippen molar-refractivity contribution in [1.82, 2.24) is 20.3 Å². The topological polar surface area (TPSA) is 59.8 Å². The van der Waals surface area contributed by atoms with Gasteiger partial charge in [0.2, 0.25) is 0 Å². The fraction of sp³-hybridized carbons (Fsp3) is 0.400. The van der Waals surface area contributed by atoms with Crippen LogP contribution >= 0.6 is 0 Å². The van der Waals surface area contributed by atoms with Crippen molar-refractivity contribution in [3.63, 3.8) is 0 Å². The van der Waals surface area contributed by atoms with Crippen molar-refractivity contribution >= 4 is 5.91 Å². The van der Waals surface area contributed by atoms with E-state index in [0.717, 1.165) is 18.5 Å². The summed E-state index contributed by atoms with van der Waals surface area (Å²) >= 11 is 0. The molecule has 1 amide bonds. The Kier molecular flexibility index (Phi) is 3.76. The Hall–Kier alpha value is -2.17. The van der Waals surface area contributed by atoms with Gasteiger partial charge in [-0.2, -0.15) is 0 Å². The van der Waals surface area contributed by atoms with E-state index in [-0.39, 0.29) is 11.9 Å². The average molecular weight is 270 g/mol. The normalized spacial score (nSPS) is 16.0. The van der Waals surface area contributed by atoms with Crippen molar-refractivity contribution in [2.24, 2.45) is 0 Å². The van der Waals surface area contributed by atoms with Gasteiger partial charge in [-0.1, -0.05) is 42.7 Å². The highest BCUT2D eigenvalue weighted by molar-refractivity contribution is 5.92. The van der Waals surface area contributed by atoms with Gasteiger partial charge in [0.05, 0.1) is 11.9 Å². The largest absolute Gasteiger partial charge is 0.348 e. The van der Waals surface area contributed by atoms with E-state index >= 15 is 0 Å². The molecule has 3 rings (SSSR count). The number of aromatic nitrogens is 3. The molecule has 0 bridgehead atoms. The summed E-state index contributed by atoms with van der Waals surface area (Å²) in [5.74, 6) is -0.126. The molecule has 1 N–H and O–H groups in total. The summed E-state index contributed by atoms with van der Waals surface area (Å²) in [6.45, 7) is 0. The number of para-hydroxylation sites is 1. The summed E-state index contributed by atoms with van der Waals surface area (Å²) in [5, 5.41) is 11.0. The Labute approximate surface area is 118 Å². The summed E-state index contributed by atoms with van der Waals surface area (Å²) in [6.07, 6.45) is 7.48. The van der Waals surface area contributed by atoms with Gasteiger partial charge in [0.15, 0.2) is 5.69 Å². The maximum Gasteiger partial charge on any atom is 0.273 e. The van der Waals surface area contributed by atoms with Crippen molar-refractivity contribution < 1.29 is 4.79 Å². The Balaban J connectivity index is 1.68. The number of carbonyl (C=O) groups excluding carboxylic acids is 1. The predicted molar refractivity (Wildman–Crippen MR) is 75.7 cm³/mol. The molecule has 1 aromatic carbocycles. The zero-order chi connectivity index (χ0) is 13.8. The van der Waals surface area contributed by atoms with E-state index in [1.165, 1.54) is 19.3 Å². The molecule has 5 heteroatoms. The van der Waals surface area contributed by atoms with Gasteiger partial charge < -0.3 is 5.32 Å². The van der Waals surface area contributed by atoms with Gasteiger partial charge >= 0.3 is 0 Å². The monoisotopic (exact) mass is 270 g/mol. The minimum absolute atomic E-state index is 0.126. The van der Waals surface area contributed by atoms with E-state index in [1.807, 2.05) is 30.3 Å². The number of carbonyl (C=O) groups is 1.